The number of thiazole rings is 1. The molecule has 3 rings (SSSR count). The fraction of sp³-hybridized carbons (Fsp3) is 0.238. The molecule has 4 nitrogen and oxygen atoms in total. The van der Waals surface area contributed by atoms with Crippen molar-refractivity contribution in [1.82, 2.24) is 4.98 Å². The molecular weight excluding hydrogens is 397 g/mol. The number of benzene rings is 2. The van der Waals surface area contributed by atoms with Gasteiger partial charge in [-0.05, 0) is 49.2 Å². The van der Waals surface area contributed by atoms with Crippen LogP contribution in [0, 0.1) is 5.82 Å². The number of thioether (sulfide) groups is 1. The summed E-state index contributed by atoms with van der Waals surface area (Å²) in [6, 6.07) is 14.0. The second-order valence-corrected chi connectivity index (χ2v) is 9.38. The maximum absolute atomic E-state index is 13.1. The maximum atomic E-state index is 13.1. The average molecular weight is 418 g/mol. The van der Waals surface area contributed by atoms with Crippen molar-refractivity contribution < 1.29 is 19.0 Å². The second-order valence-electron chi connectivity index (χ2n) is 6.66. The molecule has 0 saturated carbocycles. The summed E-state index contributed by atoms with van der Waals surface area (Å²) >= 11 is 2.69. The van der Waals surface area contributed by atoms with Crippen molar-refractivity contribution in [2.75, 3.05) is 6.61 Å². The molecule has 0 aliphatic rings. The highest BCUT2D eigenvalue weighted by Gasteiger charge is 2.29. The van der Waals surface area contributed by atoms with Gasteiger partial charge in [0, 0.05) is 11.8 Å². The van der Waals surface area contributed by atoms with Gasteiger partial charge in [0.15, 0.2) is 4.34 Å². The van der Waals surface area contributed by atoms with Gasteiger partial charge in [0.25, 0.3) is 0 Å². The molecule has 0 spiro atoms. The Morgan fingerprint density at radius 1 is 1.21 bits per heavy atom. The number of carboxylic acids is 1. The Hall–Kier alpha value is -2.38. The molecule has 0 fully saturated rings. The van der Waals surface area contributed by atoms with Crippen LogP contribution in [0.15, 0.2) is 58.3 Å². The molecule has 0 saturated heterocycles. The lowest BCUT2D eigenvalue weighted by Crippen LogP contribution is -2.26. The van der Waals surface area contributed by atoms with Crippen molar-refractivity contribution in [3.63, 3.8) is 0 Å². The van der Waals surface area contributed by atoms with E-state index in [1.54, 1.807) is 26.0 Å². The molecule has 0 unspecified atom stereocenters. The molecule has 0 bridgehead atoms. The number of nitrogens with zero attached hydrogens (tertiary/aromatic N) is 1. The van der Waals surface area contributed by atoms with E-state index in [0.29, 0.717) is 13.0 Å². The van der Waals surface area contributed by atoms with Crippen LogP contribution in [-0.2, 0) is 11.2 Å². The van der Waals surface area contributed by atoms with Crippen LogP contribution in [0.5, 0.6) is 5.75 Å². The lowest BCUT2D eigenvalue weighted by Gasteiger charge is -2.15. The maximum Gasteiger partial charge on any atom is 0.319 e. The van der Waals surface area contributed by atoms with E-state index in [2.05, 4.69) is 4.98 Å². The smallest absolute Gasteiger partial charge is 0.319 e. The number of hydrogen-bond donors (Lipinski definition) is 1. The minimum absolute atomic E-state index is 0.260. The Labute approximate surface area is 171 Å². The lowest BCUT2D eigenvalue weighted by atomic mass is 10.1. The lowest BCUT2D eigenvalue weighted by molar-refractivity contribution is -0.138. The zero-order chi connectivity index (χ0) is 20.1. The molecule has 1 N–H and O–H groups in total. The first-order valence-corrected chi connectivity index (χ1v) is 10.4. The van der Waals surface area contributed by atoms with Crippen molar-refractivity contribution in [3.05, 3.63) is 65.4 Å². The normalized spacial score (nSPS) is 11.4. The summed E-state index contributed by atoms with van der Waals surface area (Å²) in [5.74, 6) is -0.388. The fourth-order valence-corrected chi connectivity index (χ4v) is 4.62. The van der Waals surface area contributed by atoms with Crippen LogP contribution in [0.1, 0.15) is 19.5 Å². The number of hydrogen-bond acceptors (Lipinski definition) is 5. The summed E-state index contributed by atoms with van der Waals surface area (Å²) in [5.41, 5.74) is 2.76. The summed E-state index contributed by atoms with van der Waals surface area (Å²) in [4.78, 5) is 15.7. The van der Waals surface area contributed by atoms with Crippen molar-refractivity contribution in [1.29, 1.82) is 0 Å². The molecule has 7 heteroatoms. The monoisotopic (exact) mass is 417 g/mol. The molecule has 0 aliphatic carbocycles. The van der Waals surface area contributed by atoms with Crippen LogP contribution in [0.4, 0.5) is 4.39 Å². The summed E-state index contributed by atoms with van der Waals surface area (Å²) in [6.07, 6.45) is 0.630. The Morgan fingerprint density at radius 3 is 2.68 bits per heavy atom. The average Bonchev–Trinajstić information content (AvgIpc) is 3.09. The van der Waals surface area contributed by atoms with Crippen LogP contribution in [0.25, 0.3) is 11.1 Å². The molecule has 1 heterocycles. The van der Waals surface area contributed by atoms with Gasteiger partial charge in [-0.2, -0.15) is 0 Å². The van der Waals surface area contributed by atoms with Crippen LogP contribution >= 0.6 is 23.1 Å². The third-order valence-corrected chi connectivity index (χ3v) is 6.20. The summed E-state index contributed by atoms with van der Waals surface area (Å²) in [5, 5.41) is 11.1. The largest absolute Gasteiger partial charge is 0.493 e. The van der Waals surface area contributed by atoms with Gasteiger partial charge in [0.2, 0.25) is 0 Å². The van der Waals surface area contributed by atoms with Crippen LogP contribution in [0.3, 0.4) is 0 Å². The van der Waals surface area contributed by atoms with Crippen molar-refractivity contribution >= 4 is 29.1 Å². The summed E-state index contributed by atoms with van der Waals surface area (Å²) in [7, 11) is 0. The molecule has 28 heavy (non-hydrogen) atoms. The third-order valence-electron chi connectivity index (χ3n) is 4.03. The van der Waals surface area contributed by atoms with E-state index in [-0.39, 0.29) is 5.82 Å². The van der Waals surface area contributed by atoms with Crippen LogP contribution < -0.4 is 4.74 Å². The molecule has 146 valence electrons. The molecule has 0 amide bonds. The topological polar surface area (TPSA) is 59.4 Å². The second kappa shape index (κ2) is 8.75. The highest BCUT2D eigenvalue weighted by atomic mass is 32.2. The van der Waals surface area contributed by atoms with Gasteiger partial charge in [-0.25, -0.2) is 9.37 Å². The van der Waals surface area contributed by atoms with Gasteiger partial charge < -0.3 is 9.84 Å². The molecule has 2 aromatic carbocycles. The zero-order valence-corrected chi connectivity index (χ0v) is 17.1. The molecule has 0 aliphatic heterocycles. The summed E-state index contributed by atoms with van der Waals surface area (Å²) in [6.45, 7) is 3.79. The van der Waals surface area contributed by atoms with Gasteiger partial charge in [-0.1, -0.05) is 36.0 Å². The number of rotatable bonds is 8. The van der Waals surface area contributed by atoms with E-state index in [4.69, 9.17) is 4.74 Å². The number of aliphatic carboxylic acids is 1. The third kappa shape index (κ3) is 5.33. The SMILES string of the molecule is CC(C)(Sc1nc(CCOc2cccc(-c3ccc(F)cc3)c2)cs1)C(=O)O. The number of halogens is 1. The Morgan fingerprint density at radius 2 is 1.96 bits per heavy atom. The molecule has 0 radical (unpaired) electrons. The van der Waals surface area contributed by atoms with Crippen molar-refractivity contribution in [2.45, 2.75) is 29.4 Å². The van der Waals surface area contributed by atoms with E-state index in [1.807, 2.05) is 29.6 Å². The number of carbonyl (C=O) groups is 1. The minimum atomic E-state index is -0.910. The zero-order valence-electron chi connectivity index (χ0n) is 15.5. The number of carboxylic acid groups (broad SMARTS) is 1. The van der Waals surface area contributed by atoms with Crippen molar-refractivity contribution in [3.8, 4) is 16.9 Å². The Balaban J connectivity index is 1.56. The van der Waals surface area contributed by atoms with Crippen molar-refractivity contribution in [2.24, 2.45) is 0 Å². The van der Waals surface area contributed by atoms with E-state index in [9.17, 15) is 14.3 Å². The highest BCUT2D eigenvalue weighted by Crippen LogP contribution is 2.34. The minimum Gasteiger partial charge on any atom is -0.493 e. The van der Waals surface area contributed by atoms with E-state index in [1.165, 1.54) is 35.2 Å². The van der Waals surface area contributed by atoms with Gasteiger partial charge in [-0.15, -0.1) is 11.3 Å². The van der Waals surface area contributed by atoms with Gasteiger partial charge in [0.05, 0.1) is 12.3 Å². The molecule has 1 aromatic heterocycles. The predicted molar refractivity (Wildman–Crippen MR) is 111 cm³/mol. The number of aromatic nitrogens is 1. The van der Waals surface area contributed by atoms with E-state index in [0.717, 1.165) is 26.9 Å². The Kier molecular flexibility index (Phi) is 6.36. The van der Waals surface area contributed by atoms with Crippen LogP contribution in [-0.4, -0.2) is 27.4 Å². The standard InChI is InChI=1S/C21H20FNO3S2/c1-21(2,19(24)25)28-20-23-17(13-27-20)10-11-26-18-5-3-4-15(12-18)14-6-8-16(22)9-7-14/h3-9,12-13H,10-11H2,1-2H3,(H,24,25). The fourth-order valence-electron chi connectivity index (χ4n) is 2.39. The highest BCUT2D eigenvalue weighted by molar-refractivity contribution is 8.02. The van der Waals surface area contributed by atoms with Crippen LogP contribution in [0.2, 0.25) is 0 Å². The molecular formula is C21H20FNO3S2. The quantitative estimate of drug-likeness (QED) is 0.489. The first-order valence-electron chi connectivity index (χ1n) is 8.69. The first kappa shape index (κ1) is 20.4. The molecule has 3 aromatic rings. The number of ether oxygens (including phenoxy) is 1. The molecule has 0 atom stereocenters. The van der Waals surface area contributed by atoms with E-state index < -0.39 is 10.7 Å². The van der Waals surface area contributed by atoms with Gasteiger partial charge in [-0.3, -0.25) is 4.79 Å². The van der Waals surface area contributed by atoms with Gasteiger partial charge in [0.1, 0.15) is 16.3 Å². The Bertz CT molecular complexity index is 954. The van der Waals surface area contributed by atoms with Gasteiger partial charge >= 0.3 is 5.97 Å². The van der Waals surface area contributed by atoms with E-state index >= 15 is 0 Å². The summed E-state index contributed by atoms with van der Waals surface area (Å²) < 4.78 is 18.7. The predicted octanol–water partition coefficient (Wildman–Crippen LogP) is 5.53. The first-order chi connectivity index (χ1) is 13.3.